The Morgan fingerprint density at radius 3 is 2.17 bits per heavy atom. The van der Waals surface area contributed by atoms with Gasteiger partial charge in [-0.3, -0.25) is 14.5 Å². The van der Waals surface area contributed by atoms with Crippen LogP contribution in [0.25, 0.3) is 6.08 Å². The van der Waals surface area contributed by atoms with Crippen LogP contribution in [0.3, 0.4) is 0 Å². The highest BCUT2D eigenvalue weighted by Gasteiger charge is 2.20. The number of hydrogen-bond acceptors (Lipinski definition) is 7. The first-order chi connectivity index (χ1) is 25.2. The number of rotatable bonds is 13. The molecule has 2 heterocycles. The number of pyridine rings is 1. The van der Waals surface area contributed by atoms with Crippen molar-refractivity contribution in [2.45, 2.75) is 20.1 Å². The normalized spacial score (nSPS) is 13.3. The van der Waals surface area contributed by atoms with Gasteiger partial charge in [0.2, 0.25) is 11.8 Å². The minimum atomic E-state index is -0.958. The number of ketones is 1. The summed E-state index contributed by atoms with van der Waals surface area (Å²) in [6.07, 6.45) is 4.37. The third-order valence-electron chi connectivity index (χ3n) is 8.44. The Morgan fingerprint density at radius 1 is 0.750 bits per heavy atom. The molecule has 0 unspecified atom stereocenters. The van der Waals surface area contributed by atoms with Crippen molar-refractivity contribution in [3.63, 3.8) is 0 Å². The molecule has 52 heavy (non-hydrogen) atoms. The van der Waals surface area contributed by atoms with Crippen molar-refractivity contribution in [3.8, 4) is 23.1 Å². The van der Waals surface area contributed by atoms with Crippen molar-refractivity contribution >= 4 is 17.8 Å². The molecule has 8 nitrogen and oxygen atoms in total. The van der Waals surface area contributed by atoms with E-state index in [1.54, 1.807) is 23.1 Å². The first kappa shape index (κ1) is 35.9. The number of amides is 1. The maximum absolute atomic E-state index is 14.9. The lowest BCUT2D eigenvalue weighted by molar-refractivity contribution is -0.127. The molecular weight excluding hydrogens is 671 g/mol. The van der Waals surface area contributed by atoms with Gasteiger partial charge in [0.1, 0.15) is 18.1 Å². The van der Waals surface area contributed by atoms with Gasteiger partial charge in [0.25, 0.3) is 0 Å². The molecule has 1 saturated heterocycles. The molecule has 0 bridgehead atoms. The average molecular weight is 708 g/mol. The molecule has 6 rings (SSSR count). The van der Waals surface area contributed by atoms with Crippen LogP contribution in [-0.4, -0.2) is 59.3 Å². The van der Waals surface area contributed by atoms with Crippen LogP contribution < -0.4 is 14.2 Å². The predicted octanol–water partition coefficient (Wildman–Crippen LogP) is 7.80. The molecule has 0 saturated carbocycles. The fraction of sp³-hybridized carbons (Fsp3) is 0.195. The standard InChI is InChI=1S/C41H36F3N3O5/c1-28-2-11-33(12-3-28)51-27-38(48)32-9-4-30(5-10-32)25-46-18-20-47(21-19-46)41(49)17-8-29-7-15-39(37(44)22-29)52-40-16-13-34(24-45-40)50-26-31-6-14-35(42)36(43)23-31/h2-17,22-24H,18-21,25-27H2,1H3. The summed E-state index contributed by atoms with van der Waals surface area (Å²) in [5.41, 5.74) is 3.74. The Bertz CT molecular complexity index is 2030. The van der Waals surface area contributed by atoms with E-state index in [9.17, 15) is 22.8 Å². The van der Waals surface area contributed by atoms with Gasteiger partial charge in [0, 0.05) is 50.4 Å². The lowest BCUT2D eigenvalue weighted by atomic mass is 10.1. The highest BCUT2D eigenvalue weighted by molar-refractivity contribution is 5.97. The Labute approximate surface area is 299 Å². The molecule has 1 aliphatic heterocycles. The summed E-state index contributed by atoms with van der Waals surface area (Å²) in [5.74, 6) is -1.66. The molecule has 1 fully saturated rings. The fourth-order valence-corrected chi connectivity index (χ4v) is 5.45. The number of halogens is 3. The van der Waals surface area contributed by atoms with Crippen LogP contribution in [0.4, 0.5) is 13.2 Å². The number of carbonyl (C=O) groups is 2. The van der Waals surface area contributed by atoms with Crippen molar-refractivity contribution in [1.82, 2.24) is 14.8 Å². The summed E-state index contributed by atoms with van der Waals surface area (Å²) < 4.78 is 58.1. The molecule has 1 aliphatic rings. The van der Waals surface area contributed by atoms with E-state index in [4.69, 9.17) is 14.2 Å². The quantitative estimate of drug-likeness (QED) is 0.0913. The number of benzene rings is 4. The topological polar surface area (TPSA) is 81.2 Å². The van der Waals surface area contributed by atoms with Crippen LogP contribution >= 0.6 is 0 Å². The number of piperazine rings is 1. The molecule has 11 heteroatoms. The van der Waals surface area contributed by atoms with Crippen LogP contribution in [0.15, 0.2) is 109 Å². The van der Waals surface area contributed by atoms with E-state index < -0.39 is 17.5 Å². The minimum absolute atomic E-state index is 0.00865. The van der Waals surface area contributed by atoms with E-state index in [1.165, 1.54) is 36.5 Å². The first-order valence-corrected chi connectivity index (χ1v) is 16.7. The second kappa shape index (κ2) is 16.8. The number of nitrogens with zero attached hydrogens (tertiary/aromatic N) is 3. The van der Waals surface area contributed by atoms with Gasteiger partial charge in [-0.2, -0.15) is 0 Å². The van der Waals surface area contributed by atoms with Crippen LogP contribution in [0, 0.1) is 24.4 Å². The lowest BCUT2D eigenvalue weighted by Gasteiger charge is -2.34. The van der Waals surface area contributed by atoms with E-state index in [2.05, 4.69) is 9.88 Å². The van der Waals surface area contributed by atoms with Gasteiger partial charge in [-0.25, -0.2) is 18.2 Å². The van der Waals surface area contributed by atoms with Gasteiger partial charge in [-0.05, 0) is 72.2 Å². The Kier molecular flexibility index (Phi) is 11.6. The number of hydrogen-bond donors (Lipinski definition) is 0. The second-order valence-electron chi connectivity index (χ2n) is 12.3. The van der Waals surface area contributed by atoms with Gasteiger partial charge in [0.05, 0.1) is 6.20 Å². The number of aromatic nitrogens is 1. The molecule has 0 atom stereocenters. The monoisotopic (exact) mass is 707 g/mol. The average Bonchev–Trinajstić information content (AvgIpc) is 3.16. The molecule has 1 amide bonds. The maximum atomic E-state index is 14.9. The smallest absolute Gasteiger partial charge is 0.246 e. The van der Waals surface area contributed by atoms with Gasteiger partial charge in [0.15, 0.2) is 35.6 Å². The van der Waals surface area contributed by atoms with Crippen LogP contribution in [-0.2, 0) is 17.9 Å². The molecule has 0 aliphatic carbocycles. The number of carbonyl (C=O) groups excluding carboxylic acids is 2. The van der Waals surface area contributed by atoms with E-state index in [0.29, 0.717) is 60.9 Å². The Balaban J connectivity index is 0.923. The minimum Gasteiger partial charge on any atom is -0.487 e. The SMILES string of the molecule is Cc1ccc(OCC(=O)c2ccc(CN3CCN(C(=O)C=Cc4ccc(Oc5ccc(OCc6ccc(F)c(F)c6)cn5)c(F)c4)CC3)cc2)cc1. The Hall–Kier alpha value is -5.94. The summed E-state index contributed by atoms with van der Waals surface area (Å²) in [7, 11) is 0. The van der Waals surface area contributed by atoms with Gasteiger partial charge < -0.3 is 19.1 Å². The predicted molar refractivity (Wildman–Crippen MR) is 190 cm³/mol. The van der Waals surface area contributed by atoms with Crippen molar-refractivity contribution in [3.05, 3.63) is 155 Å². The lowest BCUT2D eigenvalue weighted by Crippen LogP contribution is -2.47. The summed E-state index contributed by atoms with van der Waals surface area (Å²) >= 11 is 0. The van der Waals surface area contributed by atoms with Crippen molar-refractivity contribution < 1.29 is 37.0 Å². The number of Topliss-reactive ketones (excluding diaryl/α,β-unsaturated/α-hetero) is 1. The van der Waals surface area contributed by atoms with E-state index >= 15 is 0 Å². The first-order valence-electron chi connectivity index (χ1n) is 16.7. The van der Waals surface area contributed by atoms with Crippen molar-refractivity contribution in [1.29, 1.82) is 0 Å². The number of aryl methyl sites for hydroxylation is 1. The third kappa shape index (κ3) is 9.85. The Morgan fingerprint density at radius 2 is 1.48 bits per heavy atom. The van der Waals surface area contributed by atoms with E-state index in [0.717, 1.165) is 23.3 Å². The van der Waals surface area contributed by atoms with Gasteiger partial charge in [-0.15, -0.1) is 0 Å². The summed E-state index contributed by atoms with van der Waals surface area (Å²) in [6, 6.07) is 26.0. The largest absolute Gasteiger partial charge is 0.487 e. The van der Waals surface area contributed by atoms with Crippen molar-refractivity contribution in [2.75, 3.05) is 32.8 Å². The van der Waals surface area contributed by atoms with E-state index in [1.807, 2.05) is 55.5 Å². The van der Waals surface area contributed by atoms with E-state index in [-0.39, 0.29) is 36.5 Å². The third-order valence-corrected chi connectivity index (χ3v) is 8.44. The molecular formula is C41H36F3N3O5. The summed E-state index contributed by atoms with van der Waals surface area (Å²) in [4.78, 5) is 33.6. The molecule has 0 spiro atoms. The number of ether oxygens (including phenoxy) is 3. The summed E-state index contributed by atoms with van der Waals surface area (Å²) in [6.45, 7) is 5.17. The van der Waals surface area contributed by atoms with Crippen molar-refractivity contribution in [2.24, 2.45) is 0 Å². The zero-order valence-corrected chi connectivity index (χ0v) is 28.4. The molecule has 0 radical (unpaired) electrons. The second-order valence-corrected chi connectivity index (χ2v) is 12.3. The maximum Gasteiger partial charge on any atom is 0.246 e. The van der Waals surface area contributed by atoms with Crippen LogP contribution in [0.1, 0.15) is 32.6 Å². The molecule has 1 aromatic heterocycles. The molecule has 266 valence electrons. The van der Waals surface area contributed by atoms with Crippen LogP contribution in [0.2, 0.25) is 0 Å². The highest BCUT2D eigenvalue weighted by Crippen LogP contribution is 2.26. The van der Waals surface area contributed by atoms with Gasteiger partial charge in [-0.1, -0.05) is 54.1 Å². The van der Waals surface area contributed by atoms with Crippen LogP contribution in [0.5, 0.6) is 23.1 Å². The zero-order chi connectivity index (χ0) is 36.5. The molecule has 0 N–H and O–H groups in total. The summed E-state index contributed by atoms with van der Waals surface area (Å²) in [5, 5.41) is 0. The molecule has 5 aromatic rings. The fourth-order valence-electron chi connectivity index (χ4n) is 5.45. The zero-order valence-electron chi connectivity index (χ0n) is 28.4. The molecule has 4 aromatic carbocycles. The highest BCUT2D eigenvalue weighted by atomic mass is 19.2. The van der Waals surface area contributed by atoms with Gasteiger partial charge >= 0.3 is 0 Å².